The van der Waals surface area contributed by atoms with Crippen LogP contribution in [-0.4, -0.2) is 37.1 Å². The molecule has 0 aliphatic heterocycles. The van der Waals surface area contributed by atoms with E-state index in [4.69, 9.17) is 21.1 Å². The number of halogens is 1. The minimum absolute atomic E-state index is 0.247. The van der Waals surface area contributed by atoms with Gasteiger partial charge in [0.1, 0.15) is 11.5 Å². The predicted octanol–water partition coefficient (Wildman–Crippen LogP) is 4.62. The van der Waals surface area contributed by atoms with E-state index in [-0.39, 0.29) is 6.54 Å². The van der Waals surface area contributed by atoms with Crippen LogP contribution in [0.25, 0.3) is 0 Å². The van der Waals surface area contributed by atoms with E-state index in [0.29, 0.717) is 39.8 Å². The highest BCUT2D eigenvalue weighted by Gasteiger charge is 2.10. The van der Waals surface area contributed by atoms with Crippen molar-refractivity contribution in [2.75, 3.05) is 13.2 Å². The lowest BCUT2D eigenvalue weighted by atomic mass is 10.2. The number of carbonyl (C=O) groups excluding carboxylic acids is 3. The Balaban J connectivity index is 1.42. The van der Waals surface area contributed by atoms with Gasteiger partial charge >= 0.3 is 5.97 Å². The smallest absolute Gasteiger partial charge is 0.343 e. The van der Waals surface area contributed by atoms with Gasteiger partial charge < -0.3 is 14.8 Å². The molecule has 0 atom stereocenters. The number of ether oxygens (including phenoxy) is 2. The van der Waals surface area contributed by atoms with Crippen LogP contribution >= 0.6 is 11.6 Å². The van der Waals surface area contributed by atoms with Crippen LogP contribution in [0.3, 0.4) is 0 Å². The third kappa shape index (κ3) is 8.56. The van der Waals surface area contributed by atoms with Crippen molar-refractivity contribution in [3.05, 3.63) is 94.5 Å². The van der Waals surface area contributed by atoms with Crippen molar-refractivity contribution in [2.45, 2.75) is 19.8 Å². The molecule has 0 saturated heterocycles. The van der Waals surface area contributed by atoms with E-state index in [1.165, 1.54) is 12.3 Å². The second-order valence-electron chi connectivity index (χ2n) is 7.67. The zero-order chi connectivity index (χ0) is 25.8. The summed E-state index contributed by atoms with van der Waals surface area (Å²) in [6.07, 6.45) is 3.45. The highest BCUT2D eigenvalue weighted by Crippen LogP contribution is 2.17. The molecule has 0 aliphatic carbocycles. The Bertz CT molecular complexity index is 1210. The molecule has 0 unspecified atom stereocenters. The molecule has 3 rings (SSSR count). The number of carbonyl (C=O) groups is 3. The molecule has 2 amide bonds. The average Bonchev–Trinajstić information content (AvgIpc) is 2.89. The maximum Gasteiger partial charge on any atom is 0.343 e. The fourth-order valence-electron chi connectivity index (χ4n) is 2.92. The Hall–Kier alpha value is -4.17. The second kappa shape index (κ2) is 13.7. The summed E-state index contributed by atoms with van der Waals surface area (Å²) in [6, 6.07) is 19.8. The Morgan fingerprint density at radius 2 is 1.67 bits per heavy atom. The highest BCUT2D eigenvalue weighted by atomic mass is 35.5. The van der Waals surface area contributed by atoms with Crippen LogP contribution in [0.4, 0.5) is 0 Å². The predicted molar refractivity (Wildman–Crippen MR) is 138 cm³/mol. The molecule has 0 bridgehead atoms. The zero-order valence-electron chi connectivity index (χ0n) is 19.7. The Morgan fingerprint density at radius 1 is 0.944 bits per heavy atom. The minimum atomic E-state index is -0.492. The van der Waals surface area contributed by atoms with Gasteiger partial charge in [-0.25, -0.2) is 10.2 Å². The van der Waals surface area contributed by atoms with Crippen LogP contribution in [0.1, 0.15) is 46.0 Å². The summed E-state index contributed by atoms with van der Waals surface area (Å²) >= 11 is 5.86. The maximum absolute atomic E-state index is 12.4. The Labute approximate surface area is 214 Å². The topological polar surface area (TPSA) is 106 Å². The fourth-order valence-corrected chi connectivity index (χ4v) is 3.11. The third-order valence-corrected chi connectivity index (χ3v) is 5.08. The van der Waals surface area contributed by atoms with Crippen LogP contribution < -0.4 is 20.2 Å². The van der Waals surface area contributed by atoms with E-state index in [1.807, 2.05) is 0 Å². The number of nitrogens with one attached hydrogen (secondary N) is 2. The molecule has 3 aromatic carbocycles. The van der Waals surface area contributed by atoms with Crippen molar-refractivity contribution in [1.29, 1.82) is 0 Å². The SMILES string of the molecule is CCCCOc1ccc(C(=O)Oc2ccc(/C=N\NC(=O)CNC(=O)c3cccc(Cl)c3)cc2)cc1. The summed E-state index contributed by atoms with van der Waals surface area (Å²) in [6.45, 7) is 2.48. The van der Waals surface area contributed by atoms with Crippen LogP contribution in [0.15, 0.2) is 77.9 Å². The molecule has 3 aromatic rings. The van der Waals surface area contributed by atoms with Crippen LogP contribution in [0.2, 0.25) is 5.02 Å². The number of rotatable bonds is 11. The lowest BCUT2D eigenvalue weighted by Gasteiger charge is -2.07. The average molecular weight is 508 g/mol. The number of hydrogen-bond acceptors (Lipinski definition) is 6. The van der Waals surface area contributed by atoms with Gasteiger partial charge in [0.15, 0.2) is 0 Å². The molecule has 0 radical (unpaired) electrons. The number of unbranched alkanes of at least 4 members (excludes halogenated alkanes) is 1. The molecule has 0 aliphatic rings. The Kier molecular flexibility index (Phi) is 10.0. The van der Waals surface area contributed by atoms with Crippen molar-refractivity contribution >= 4 is 35.6 Å². The molecule has 0 saturated carbocycles. The zero-order valence-corrected chi connectivity index (χ0v) is 20.5. The van der Waals surface area contributed by atoms with Crippen molar-refractivity contribution in [3.63, 3.8) is 0 Å². The number of benzene rings is 3. The first kappa shape index (κ1) is 26.4. The summed E-state index contributed by atoms with van der Waals surface area (Å²) in [5.41, 5.74) is 3.77. The summed E-state index contributed by atoms with van der Waals surface area (Å²) in [5, 5.41) is 6.78. The van der Waals surface area contributed by atoms with Crippen molar-refractivity contribution in [3.8, 4) is 11.5 Å². The van der Waals surface area contributed by atoms with Gasteiger partial charge in [0.2, 0.25) is 0 Å². The Morgan fingerprint density at radius 3 is 2.36 bits per heavy atom. The van der Waals surface area contributed by atoms with Gasteiger partial charge in [-0.2, -0.15) is 5.10 Å². The molecule has 8 nitrogen and oxygen atoms in total. The lowest BCUT2D eigenvalue weighted by Crippen LogP contribution is -2.34. The molecular weight excluding hydrogens is 482 g/mol. The third-order valence-electron chi connectivity index (χ3n) is 4.85. The first-order chi connectivity index (χ1) is 17.4. The number of esters is 1. The standard InChI is InChI=1S/C27H26ClN3O5/c1-2-3-15-35-23-13-9-20(10-14-23)27(34)36-24-11-7-19(8-12-24)17-30-31-25(32)18-29-26(33)21-5-4-6-22(28)16-21/h4-14,16-17H,2-3,15,18H2,1H3,(H,29,33)(H,31,32)/b30-17-. The van der Waals surface area contributed by atoms with Crippen molar-refractivity contribution < 1.29 is 23.9 Å². The molecule has 0 aromatic heterocycles. The largest absolute Gasteiger partial charge is 0.494 e. The molecule has 2 N–H and O–H groups in total. The van der Waals surface area contributed by atoms with Gasteiger partial charge in [-0.05, 0) is 78.7 Å². The number of hydrogen-bond donors (Lipinski definition) is 2. The first-order valence-corrected chi connectivity index (χ1v) is 11.7. The first-order valence-electron chi connectivity index (χ1n) is 11.4. The monoisotopic (exact) mass is 507 g/mol. The summed E-state index contributed by atoms with van der Waals surface area (Å²) in [5.74, 6) is -0.317. The molecular formula is C27H26ClN3O5. The summed E-state index contributed by atoms with van der Waals surface area (Å²) < 4.78 is 11.0. The van der Waals surface area contributed by atoms with Gasteiger partial charge in [-0.15, -0.1) is 0 Å². The quantitative estimate of drug-likeness (QED) is 0.129. The normalized spacial score (nSPS) is 10.6. The van der Waals surface area contributed by atoms with E-state index in [1.54, 1.807) is 66.7 Å². The van der Waals surface area contributed by atoms with E-state index >= 15 is 0 Å². The van der Waals surface area contributed by atoms with Gasteiger partial charge in [-0.3, -0.25) is 9.59 Å². The molecule has 36 heavy (non-hydrogen) atoms. The van der Waals surface area contributed by atoms with Crippen LogP contribution in [0.5, 0.6) is 11.5 Å². The fraction of sp³-hybridized carbons (Fsp3) is 0.185. The highest BCUT2D eigenvalue weighted by molar-refractivity contribution is 6.31. The van der Waals surface area contributed by atoms with E-state index < -0.39 is 17.8 Å². The molecule has 0 heterocycles. The summed E-state index contributed by atoms with van der Waals surface area (Å²) in [4.78, 5) is 36.3. The van der Waals surface area contributed by atoms with Crippen LogP contribution in [-0.2, 0) is 4.79 Å². The molecule has 0 spiro atoms. The number of nitrogens with zero attached hydrogens (tertiary/aromatic N) is 1. The lowest BCUT2D eigenvalue weighted by molar-refractivity contribution is -0.120. The van der Waals surface area contributed by atoms with E-state index in [9.17, 15) is 14.4 Å². The van der Waals surface area contributed by atoms with Gasteiger partial charge in [-0.1, -0.05) is 31.0 Å². The van der Waals surface area contributed by atoms with Crippen molar-refractivity contribution in [1.82, 2.24) is 10.7 Å². The molecule has 9 heteroatoms. The maximum atomic E-state index is 12.4. The summed E-state index contributed by atoms with van der Waals surface area (Å²) in [7, 11) is 0. The number of amides is 2. The van der Waals surface area contributed by atoms with Gasteiger partial charge in [0.25, 0.3) is 11.8 Å². The van der Waals surface area contributed by atoms with Crippen LogP contribution in [0, 0.1) is 0 Å². The van der Waals surface area contributed by atoms with Gasteiger partial charge in [0, 0.05) is 10.6 Å². The van der Waals surface area contributed by atoms with E-state index in [0.717, 1.165) is 12.8 Å². The van der Waals surface area contributed by atoms with E-state index in [2.05, 4.69) is 22.8 Å². The second-order valence-corrected chi connectivity index (χ2v) is 8.11. The minimum Gasteiger partial charge on any atom is -0.494 e. The van der Waals surface area contributed by atoms with Crippen molar-refractivity contribution in [2.24, 2.45) is 5.10 Å². The van der Waals surface area contributed by atoms with Gasteiger partial charge in [0.05, 0.1) is 24.9 Å². The molecule has 0 fully saturated rings. The molecule has 186 valence electrons. The number of hydrazone groups is 1.